The number of carbonyl (C=O) groups excluding carboxylic acids is 1. The third-order valence-corrected chi connectivity index (χ3v) is 5.01. The molecule has 1 aromatic rings. The summed E-state index contributed by atoms with van der Waals surface area (Å²) in [5, 5.41) is 3.18. The van der Waals surface area contributed by atoms with Crippen molar-refractivity contribution in [1.82, 2.24) is 10.2 Å². The van der Waals surface area contributed by atoms with Crippen molar-refractivity contribution in [2.45, 2.75) is 31.5 Å². The van der Waals surface area contributed by atoms with Gasteiger partial charge < -0.3 is 14.8 Å². The molecular formula is C17H22N2O3. The molecule has 0 bridgehead atoms. The van der Waals surface area contributed by atoms with Gasteiger partial charge in [-0.2, -0.15) is 0 Å². The number of fused-ring (bicyclic) bond motifs is 2. The van der Waals surface area contributed by atoms with Crippen LogP contribution in [0.3, 0.4) is 0 Å². The molecule has 4 rings (SSSR count). The van der Waals surface area contributed by atoms with Gasteiger partial charge in [0.2, 0.25) is 5.91 Å². The first kappa shape index (κ1) is 14.0. The van der Waals surface area contributed by atoms with Gasteiger partial charge in [-0.3, -0.25) is 9.69 Å². The Bertz CT molecular complexity index is 563. The number of amides is 1. The number of hydrogen-bond acceptors (Lipinski definition) is 4. The number of rotatable bonds is 3. The average molecular weight is 302 g/mol. The van der Waals surface area contributed by atoms with Crippen LogP contribution in [0.15, 0.2) is 24.3 Å². The van der Waals surface area contributed by atoms with Gasteiger partial charge in [0.25, 0.3) is 0 Å². The van der Waals surface area contributed by atoms with Crippen LogP contribution in [0.1, 0.15) is 18.4 Å². The number of benzene rings is 1. The highest BCUT2D eigenvalue weighted by Gasteiger charge is 2.45. The van der Waals surface area contributed by atoms with Crippen LogP contribution >= 0.6 is 0 Å². The third-order valence-electron chi connectivity index (χ3n) is 5.01. The lowest BCUT2D eigenvalue weighted by Gasteiger charge is -2.39. The molecule has 1 aliphatic carbocycles. The summed E-state index contributed by atoms with van der Waals surface area (Å²) in [4.78, 5) is 14.4. The minimum Gasteiger partial charge on any atom is -0.492 e. The number of carbonyl (C=O) groups is 1. The Morgan fingerprint density at radius 2 is 2.23 bits per heavy atom. The van der Waals surface area contributed by atoms with E-state index in [1.807, 2.05) is 18.2 Å². The normalized spacial score (nSPS) is 30.5. The maximum Gasteiger partial charge on any atom is 0.234 e. The first-order chi connectivity index (χ1) is 10.8. The van der Waals surface area contributed by atoms with Crippen molar-refractivity contribution in [1.29, 1.82) is 0 Å². The molecule has 118 valence electrons. The molecule has 1 saturated heterocycles. The summed E-state index contributed by atoms with van der Waals surface area (Å²) in [6, 6.07) is 8.37. The second-order valence-corrected chi connectivity index (χ2v) is 6.44. The van der Waals surface area contributed by atoms with Crippen LogP contribution in [0.2, 0.25) is 0 Å². The van der Waals surface area contributed by atoms with E-state index in [2.05, 4.69) is 16.3 Å². The molecule has 1 saturated carbocycles. The van der Waals surface area contributed by atoms with E-state index >= 15 is 0 Å². The Labute approximate surface area is 130 Å². The summed E-state index contributed by atoms with van der Waals surface area (Å²) in [6.45, 7) is 3.46. The first-order valence-corrected chi connectivity index (χ1v) is 8.13. The van der Waals surface area contributed by atoms with Crippen molar-refractivity contribution < 1.29 is 14.3 Å². The molecule has 2 fully saturated rings. The van der Waals surface area contributed by atoms with Crippen LogP contribution in [-0.4, -0.2) is 49.3 Å². The van der Waals surface area contributed by atoms with Crippen LogP contribution in [0.5, 0.6) is 5.75 Å². The molecule has 0 radical (unpaired) electrons. The van der Waals surface area contributed by atoms with Crippen LogP contribution in [0.4, 0.5) is 0 Å². The van der Waals surface area contributed by atoms with Gasteiger partial charge in [0, 0.05) is 37.2 Å². The minimum absolute atomic E-state index is 0.120. The molecule has 0 spiro atoms. The summed E-state index contributed by atoms with van der Waals surface area (Å²) in [5.41, 5.74) is 1.15. The van der Waals surface area contributed by atoms with E-state index in [9.17, 15) is 4.79 Å². The zero-order valence-electron chi connectivity index (χ0n) is 12.7. The SMILES string of the molecule is O=C(CN1CCOc2ccccc2C1)N[C@H]1C[C@@H]2OCC[C@H]12. The number of hydrogen-bond donors (Lipinski definition) is 1. The van der Waals surface area contributed by atoms with Gasteiger partial charge in [0.15, 0.2) is 0 Å². The molecule has 1 aromatic carbocycles. The maximum atomic E-state index is 12.3. The molecule has 1 amide bonds. The standard InChI is InChI=1S/C17H22N2O3/c20-17(18-14-9-16-13(14)5-7-21-16)11-19-6-8-22-15-4-2-1-3-12(15)10-19/h1-4,13-14,16H,5-11H2,(H,18,20)/t13-,14+,16+/m1/s1. The molecule has 3 atom stereocenters. The van der Waals surface area contributed by atoms with Crippen molar-refractivity contribution in [2.75, 3.05) is 26.3 Å². The predicted molar refractivity (Wildman–Crippen MR) is 81.6 cm³/mol. The predicted octanol–water partition coefficient (Wildman–Crippen LogP) is 1.17. The number of para-hydroxylation sites is 1. The topological polar surface area (TPSA) is 50.8 Å². The van der Waals surface area contributed by atoms with E-state index < -0.39 is 0 Å². The van der Waals surface area contributed by atoms with E-state index in [0.29, 0.717) is 31.2 Å². The molecule has 0 aromatic heterocycles. The van der Waals surface area contributed by atoms with Crippen LogP contribution < -0.4 is 10.1 Å². The van der Waals surface area contributed by atoms with E-state index in [-0.39, 0.29) is 5.91 Å². The Morgan fingerprint density at radius 1 is 1.32 bits per heavy atom. The van der Waals surface area contributed by atoms with Gasteiger partial charge in [0.05, 0.1) is 12.6 Å². The molecular weight excluding hydrogens is 280 g/mol. The highest BCUT2D eigenvalue weighted by Crippen LogP contribution is 2.38. The lowest BCUT2D eigenvalue weighted by Crippen LogP contribution is -2.55. The highest BCUT2D eigenvalue weighted by atomic mass is 16.5. The number of nitrogens with one attached hydrogen (secondary N) is 1. The molecule has 3 aliphatic rings. The van der Waals surface area contributed by atoms with Crippen molar-refractivity contribution in [3.63, 3.8) is 0 Å². The van der Waals surface area contributed by atoms with Crippen LogP contribution in [0.25, 0.3) is 0 Å². The lowest BCUT2D eigenvalue weighted by molar-refractivity contribution is -0.125. The molecule has 0 unspecified atom stereocenters. The molecule has 1 N–H and O–H groups in total. The quantitative estimate of drug-likeness (QED) is 0.911. The first-order valence-electron chi connectivity index (χ1n) is 8.13. The Balaban J connectivity index is 1.32. The van der Waals surface area contributed by atoms with E-state index in [0.717, 1.165) is 43.9 Å². The Morgan fingerprint density at radius 3 is 3.14 bits per heavy atom. The number of nitrogens with zero attached hydrogens (tertiary/aromatic N) is 1. The monoisotopic (exact) mass is 302 g/mol. The Kier molecular flexibility index (Phi) is 3.76. The van der Waals surface area contributed by atoms with E-state index in [4.69, 9.17) is 9.47 Å². The fourth-order valence-electron chi connectivity index (χ4n) is 3.73. The molecule has 2 aliphatic heterocycles. The zero-order valence-corrected chi connectivity index (χ0v) is 12.7. The summed E-state index contributed by atoms with van der Waals surface area (Å²) in [6.07, 6.45) is 2.45. The van der Waals surface area contributed by atoms with Crippen molar-refractivity contribution >= 4 is 5.91 Å². The van der Waals surface area contributed by atoms with Crippen LogP contribution in [-0.2, 0) is 16.1 Å². The zero-order chi connectivity index (χ0) is 14.9. The van der Waals surface area contributed by atoms with Crippen molar-refractivity contribution in [3.8, 4) is 5.75 Å². The molecule has 2 heterocycles. The summed E-state index contributed by atoms with van der Waals surface area (Å²) >= 11 is 0. The maximum absolute atomic E-state index is 12.3. The molecule has 5 nitrogen and oxygen atoms in total. The summed E-state index contributed by atoms with van der Waals surface area (Å²) < 4.78 is 11.3. The van der Waals surface area contributed by atoms with Gasteiger partial charge in [-0.05, 0) is 18.9 Å². The lowest BCUT2D eigenvalue weighted by atomic mass is 9.76. The summed E-state index contributed by atoms with van der Waals surface area (Å²) in [5.74, 6) is 1.60. The van der Waals surface area contributed by atoms with E-state index in [1.165, 1.54) is 0 Å². The highest BCUT2D eigenvalue weighted by molar-refractivity contribution is 5.78. The second-order valence-electron chi connectivity index (χ2n) is 6.44. The largest absolute Gasteiger partial charge is 0.492 e. The van der Waals surface area contributed by atoms with Gasteiger partial charge in [-0.15, -0.1) is 0 Å². The van der Waals surface area contributed by atoms with Gasteiger partial charge in [0.1, 0.15) is 12.4 Å². The average Bonchev–Trinajstić information content (AvgIpc) is 2.75. The molecule has 22 heavy (non-hydrogen) atoms. The number of ether oxygens (including phenoxy) is 2. The van der Waals surface area contributed by atoms with Crippen molar-refractivity contribution in [3.05, 3.63) is 29.8 Å². The third kappa shape index (κ3) is 2.71. The van der Waals surface area contributed by atoms with Crippen molar-refractivity contribution in [2.24, 2.45) is 5.92 Å². The summed E-state index contributed by atoms with van der Waals surface area (Å²) in [7, 11) is 0. The molecule has 5 heteroatoms. The van der Waals surface area contributed by atoms with E-state index in [1.54, 1.807) is 0 Å². The van der Waals surface area contributed by atoms with Crippen LogP contribution in [0, 0.1) is 5.92 Å². The van der Waals surface area contributed by atoms with Gasteiger partial charge in [-0.25, -0.2) is 0 Å². The second kappa shape index (κ2) is 5.89. The fraction of sp³-hybridized carbons (Fsp3) is 0.588. The Hall–Kier alpha value is -1.59. The van der Waals surface area contributed by atoms with Gasteiger partial charge >= 0.3 is 0 Å². The van der Waals surface area contributed by atoms with Gasteiger partial charge in [-0.1, -0.05) is 18.2 Å². The fourth-order valence-corrected chi connectivity index (χ4v) is 3.73. The minimum atomic E-state index is 0.120. The smallest absolute Gasteiger partial charge is 0.234 e.